The number of carbonyl (C=O) groups excluding carboxylic acids is 1. The second-order valence-corrected chi connectivity index (χ2v) is 7.67. The van der Waals surface area contributed by atoms with E-state index in [-0.39, 0.29) is 5.91 Å². The van der Waals surface area contributed by atoms with Gasteiger partial charge in [0.1, 0.15) is 17.9 Å². The molecule has 0 atom stereocenters. The van der Waals surface area contributed by atoms with Gasteiger partial charge in [0.25, 0.3) is 5.91 Å². The van der Waals surface area contributed by atoms with Gasteiger partial charge in [-0.1, -0.05) is 18.0 Å². The molecule has 0 aliphatic carbocycles. The molecule has 0 N–H and O–H groups in total. The second kappa shape index (κ2) is 8.21. The third-order valence-corrected chi connectivity index (χ3v) is 5.87. The van der Waals surface area contributed by atoms with Crippen LogP contribution in [0.2, 0.25) is 0 Å². The smallest absolute Gasteiger partial charge is 0.276 e. The highest BCUT2D eigenvalue weighted by Crippen LogP contribution is 2.27. The number of amides is 1. The van der Waals surface area contributed by atoms with Crippen LogP contribution in [-0.4, -0.2) is 61.8 Å². The molecule has 27 heavy (non-hydrogen) atoms. The summed E-state index contributed by atoms with van der Waals surface area (Å²) in [6.07, 6.45) is 8.48. The molecule has 2 aliphatic rings. The van der Waals surface area contributed by atoms with Crippen molar-refractivity contribution in [2.75, 3.05) is 26.2 Å². The summed E-state index contributed by atoms with van der Waals surface area (Å²) < 4.78 is 6.95. The number of carbonyl (C=O) groups is 1. The summed E-state index contributed by atoms with van der Waals surface area (Å²) in [5.41, 5.74) is 0.381. The normalized spacial score (nSPS) is 20.0. The van der Waals surface area contributed by atoms with Crippen molar-refractivity contribution < 1.29 is 9.32 Å². The van der Waals surface area contributed by atoms with Gasteiger partial charge in [0.15, 0.2) is 5.69 Å². The molecular formula is C19H28N6O2. The Morgan fingerprint density at radius 3 is 2.52 bits per heavy atom. The van der Waals surface area contributed by atoms with Gasteiger partial charge in [-0.15, -0.1) is 10.2 Å². The van der Waals surface area contributed by atoms with Gasteiger partial charge < -0.3 is 14.0 Å². The van der Waals surface area contributed by atoms with Gasteiger partial charge in [0.05, 0.1) is 6.54 Å². The van der Waals surface area contributed by atoms with E-state index >= 15 is 0 Å². The van der Waals surface area contributed by atoms with Gasteiger partial charge in [-0.25, -0.2) is 0 Å². The Kier molecular flexibility index (Phi) is 5.52. The lowest BCUT2D eigenvalue weighted by Crippen LogP contribution is -2.38. The Morgan fingerprint density at radius 1 is 1.11 bits per heavy atom. The van der Waals surface area contributed by atoms with Gasteiger partial charge in [0, 0.05) is 32.1 Å². The van der Waals surface area contributed by atoms with Crippen LogP contribution in [0.15, 0.2) is 16.9 Å². The van der Waals surface area contributed by atoms with Crippen LogP contribution in [0.1, 0.15) is 66.6 Å². The second-order valence-electron chi connectivity index (χ2n) is 7.67. The summed E-state index contributed by atoms with van der Waals surface area (Å²) in [5.74, 6) is 2.39. The van der Waals surface area contributed by atoms with Crippen LogP contribution in [-0.2, 0) is 13.6 Å². The highest BCUT2D eigenvalue weighted by molar-refractivity contribution is 5.92. The molecule has 0 bridgehead atoms. The predicted molar refractivity (Wildman–Crippen MR) is 99.1 cm³/mol. The lowest BCUT2D eigenvalue weighted by atomic mass is 9.95. The molecule has 2 saturated heterocycles. The SMILES string of the molecule is Cn1c(CN2CCCCCC2)nnc1C1CCN(C(=O)c2ccon2)CC1. The molecular weight excluding hydrogens is 344 g/mol. The number of piperidine rings is 1. The summed E-state index contributed by atoms with van der Waals surface area (Å²) in [4.78, 5) is 16.7. The van der Waals surface area contributed by atoms with Crippen molar-refractivity contribution in [2.45, 2.75) is 51.0 Å². The lowest BCUT2D eigenvalue weighted by Gasteiger charge is -2.31. The minimum Gasteiger partial charge on any atom is -0.364 e. The largest absolute Gasteiger partial charge is 0.364 e. The van der Waals surface area contributed by atoms with Gasteiger partial charge in [-0.3, -0.25) is 9.69 Å². The number of hydrogen-bond acceptors (Lipinski definition) is 6. The Morgan fingerprint density at radius 2 is 1.85 bits per heavy atom. The molecule has 0 saturated carbocycles. The van der Waals surface area contributed by atoms with E-state index in [2.05, 4.69) is 31.9 Å². The Labute approximate surface area is 159 Å². The van der Waals surface area contributed by atoms with Crippen molar-refractivity contribution in [1.82, 2.24) is 29.7 Å². The fourth-order valence-electron chi connectivity index (χ4n) is 4.19. The third-order valence-electron chi connectivity index (χ3n) is 5.87. The fourth-order valence-corrected chi connectivity index (χ4v) is 4.19. The van der Waals surface area contributed by atoms with Gasteiger partial charge in [-0.2, -0.15) is 0 Å². The molecule has 2 aromatic rings. The molecule has 0 radical (unpaired) electrons. The van der Waals surface area contributed by atoms with Crippen molar-refractivity contribution in [2.24, 2.45) is 7.05 Å². The first kappa shape index (κ1) is 18.2. The minimum atomic E-state index is -0.0537. The molecule has 4 rings (SSSR count). The molecule has 8 nitrogen and oxygen atoms in total. The summed E-state index contributed by atoms with van der Waals surface area (Å²) in [6, 6.07) is 1.62. The monoisotopic (exact) mass is 372 g/mol. The average molecular weight is 372 g/mol. The van der Waals surface area contributed by atoms with Gasteiger partial charge in [0.2, 0.25) is 0 Å². The molecule has 1 amide bonds. The first-order chi connectivity index (χ1) is 13.2. The quantitative estimate of drug-likeness (QED) is 0.818. The predicted octanol–water partition coefficient (Wildman–Crippen LogP) is 2.20. The standard InChI is InChI=1S/C19H28N6O2/c1-23-17(14-24-9-4-2-3-5-10-24)20-21-18(23)15-6-11-25(12-7-15)19(26)16-8-13-27-22-16/h8,13,15H,2-7,9-12,14H2,1H3. The van der Waals surface area contributed by atoms with Gasteiger partial charge in [-0.05, 0) is 38.8 Å². The highest BCUT2D eigenvalue weighted by atomic mass is 16.5. The van der Waals surface area contributed by atoms with Crippen LogP contribution in [0.5, 0.6) is 0 Å². The van der Waals surface area contributed by atoms with E-state index in [4.69, 9.17) is 4.52 Å². The number of aromatic nitrogens is 4. The van der Waals surface area contributed by atoms with Crippen molar-refractivity contribution in [3.8, 4) is 0 Å². The fraction of sp³-hybridized carbons (Fsp3) is 0.684. The Balaban J connectivity index is 1.36. The maximum Gasteiger partial charge on any atom is 0.276 e. The van der Waals surface area contributed by atoms with Crippen molar-refractivity contribution in [3.63, 3.8) is 0 Å². The van der Waals surface area contributed by atoms with E-state index in [9.17, 15) is 4.79 Å². The highest BCUT2D eigenvalue weighted by Gasteiger charge is 2.29. The molecule has 0 unspecified atom stereocenters. The van der Waals surface area contributed by atoms with Crippen LogP contribution in [0.25, 0.3) is 0 Å². The summed E-state index contributed by atoms with van der Waals surface area (Å²) in [7, 11) is 2.08. The van der Waals surface area contributed by atoms with Crippen LogP contribution < -0.4 is 0 Å². The zero-order valence-electron chi connectivity index (χ0n) is 16.0. The Hall–Kier alpha value is -2.22. The molecule has 0 spiro atoms. The Bertz CT molecular complexity index is 740. The first-order valence-electron chi connectivity index (χ1n) is 10.0. The number of rotatable bonds is 4. The maximum atomic E-state index is 12.4. The molecule has 0 aromatic carbocycles. The number of hydrogen-bond donors (Lipinski definition) is 0. The van der Waals surface area contributed by atoms with E-state index in [0.29, 0.717) is 24.7 Å². The van der Waals surface area contributed by atoms with E-state index < -0.39 is 0 Å². The van der Waals surface area contributed by atoms with Crippen LogP contribution in [0, 0.1) is 0 Å². The summed E-state index contributed by atoms with van der Waals surface area (Å²) in [5, 5.41) is 12.7. The van der Waals surface area contributed by atoms with E-state index in [1.807, 2.05) is 4.90 Å². The molecule has 8 heteroatoms. The summed E-state index contributed by atoms with van der Waals surface area (Å²) >= 11 is 0. The van der Waals surface area contributed by atoms with Crippen LogP contribution in [0.4, 0.5) is 0 Å². The first-order valence-corrected chi connectivity index (χ1v) is 10.0. The molecule has 2 fully saturated rings. The van der Waals surface area contributed by atoms with Crippen molar-refractivity contribution in [3.05, 3.63) is 29.7 Å². The number of nitrogens with zero attached hydrogens (tertiary/aromatic N) is 6. The minimum absolute atomic E-state index is 0.0537. The lowest BCUT2D eigenvalue weighted by molar-refractivity contribution is 0.0700. The number of likely N-dealkylation sites (tertiary alicyclic amines) is 2. The molecule has 2 aromatic heterocycles. The van der Waals surface area contributed by atoms with E-state index in [1.54, 1.807) is 6.07 Å². The molecule has 2 aliphatic heterocycles. The third kappa shape index (κ3) is 4.05. The van der Waals surface area contributed by atoms with E-state index in [0.717, 1.165) is 44.1 Å². The van der Waals surface area contributed by atoms with Crippen LogP contribution >= 0.6 is 0 Å². The zero-order chi connectivity index (χ0) is 18.6. The molecule has 146 valence electrons. The van der Waals surface area contributed by atoms with Crippen molar-refractivity contribution in [1.29, 1.82) is 0 Å². The van der Waals surface area contributed by atoms with Crippen molar-refractivity contribution >= 4 is 5.91 Å². The van der Waals surface area contributed by atoms with Gasteiger partial charge >= 0.3 is 0 Å². The van der Waals surface area contributed by atoms with Crippen LogP contribution in [0.3, 0.4) is 0 Å². The zero-order valence-corrected chi connectivity index (χ0v) is 16.0. The molecule has 4 heterocycles. The summed E-state index contributed by atoms with van der Waals surface area (Å²) in [6.45, 7) is 4.62. The van der Waals surface area contributed by atoms with E-state index in [1.165, 1.54) is 31.9 Å². The topological polar surface area (TPSA) is 80.3 Å². The average Bonchev–Trinajstić information content (AvgIpc) is 3.27. The maximum absolute atomic E-state index is 12.4.